The minimum Gasteiger partial charge on any atom is -0.744 e. The molecule has 0 bridgehead atoms. The van der Waals surface area contributed by atoms with Gasteiger partial charge in [0.05, 0.1) is 9.92 Å². The number of hydrogen-bond donors (Lipinski definition) is 0. The molecule has 0 atom stereocenters. The Hall–Kier alpha value is -0.630. The Labute approximate surface area is 148 Å². The van der Waals surface area contributed by atoms with Crippen LogP contribution in [0.15, 0.2) is 47.4 Å². The predicted molar refractivity (Wildman–Crippen MR) is 70.1 cm³/mol. The first-order valence-electron chi connectivity index (χ1n) is 5.49. The molecular formula is C13H9ClFNaO4S. The first-order chi connectivity index (χ1) is 9.36. The van der Waals surface area contributed by atoms with Crippen LogP contribution in [-0.2, 0) is 16.7 Å². The van der Waals surface area contributed by atoms with E-state index in [1.807, 2.05) is 0 Å². The van der Waals surface area contributed by atoms with Gasteiger partial charge in [0.1, 0.15) is 28.3 Å². The molecule has 2 rings (SSSR count). The van der Waals surface area contributed by atoms with E-state index in [-0.39, 0.29) is 46.1 Å². The number of hydrogen-bond acceptors (Lipinski definition) is 4. The Balaban J connectivity index is 0.00000220. The Bertz CT molecular complexity index is 719. The average molecular weight is 339 g/mol. The van der Waals surface area contributed by atoms with Gasteiger partial charge in [-0.05, 0) is 36.4 Å². The van der Waals surface area contributed by atoms with Gasteiger partial charge in [-0.1, -0.05) is 17.7 Å². The van der Waals surface area contributed by atoms with Crippen molar-refractivity contribution in [2.24, 2.45) is 0 Å². The zero-order chi connectivity index (χ0) is 14.8. The van der Waals surface area contributed by atoms with Gasteiger partial charge in [0.15, 0.2) is 0 Å². The van der Waals surface area contributed by atoms with E-state index in [1.54, 1.807) is 0 Å². The van der Waals surface area contributed by atoms with Crippen molar-refractivity contribution < 1.29 is 51.7 Å². The number of benzene rings is 2. The summed E-state index contributed by atoms with van der Waals surface area (Å²) in [6.07, 6.45) is 0. The number of ether oxygens (including phenoxy) is 1. The fourth-order valence-electron chi connectivity index (χ4n) is 1.50. The topological polar surface area (TPSA) is 66.4 Å². The standard InChI is InChI=1S/C13H10ClFO4S.Na/c14-13-7-10(15)2-1-9(13)8-19-11-3-5-12(6-4-11)20(16,17)18;/h1-7H,8H2,(H,16,17,18);/q;+1/p-1. The smallest absolute Gasteiger partial charge is 0.744 e. The molecular weight excluding hydrogens is 330 g/mol. The first kappa shape index (κ1) is 18.4. The van der Waals surface area contributed by atoms with Crippen LogP contribution in [-0.4, -0.2) is 13.0 Å². The minimum absolute atomic E-state index is 0. The zero-order valence-corrected chi connectivity index (χ0v) is 14.6. The monoisotopic (exact) mass is 338 g/mol. The summed E-state index contributed by atoms with van der Waals surface area (Å²) in [5, 5.41) is 0.240. The molecule has 0 saturated carbocycles. The molecule has 0 heterocycles. The fraction of sp³-hybridized carbons (Fsp3) is 0.0769. The molecule has 106 valence electrons. The second-order valence-electron chi connectivity index (χ2n) is 3.95. The van der Waals surface area contributed by atoms with Crippen LogP contribution in [0, 0.1) is 5.82 Å². The Morgan fingerprint density at radius 1 is 1.14 bits per heavy atom. The van der Waals surface area contributed by atoms with Crippen LogP contribution in [0.3, 0.4) is 0 Å². The molecule has 0 radical (unpaired) electrons. The van der Waals surface area contributed by atoms with Crippen LogP contribution in [0.2, 0.25) is 5.02 Å². The molecule has 4 nitrogen and oxygen atoms in total. The van der Waals surface area contributed by atoms with Crippen LogP contribution in [0.4, 0.5) is 4.39 Å². The van der Waals surface area contributed by atoms with E-state index in [0.717, 1.165) is 12.1 Å². The normalized spacial score (nSPS) is 10.8. The number of rotatable bonds is 4. The first-order valence-corrected chi connectivity index (χ1v) is 7.27. The fourth-order valence-corrected chi connectivity index (χ4v) is 2.19. The maximum absolute atomic E-state index is 12.9. The van der Waals surface area contributed by atoms with E-state index in [4.69, 9.17) is 16.3 Å². The van der Waals surface area contributed by atoms with Crippen molar-refractivity contribution >= 4 is 21.7 Å². The van der Waals surface area contributed by atoms with E-state index in [2.05, 4.69) is 0 Å². The van der Waals surface area contributed by atoms with Gasteiger partial charge in [0.25, 0.3) is 0 Å². The molecule has 0 aromatic heterocycles. The van der Waals surface area contributed by atoms with Crippen molar-refractivity contribution in [3.63, 3.8) is 0 Å². The third-order valence-corrected chi connectivity index (χ3v) is 3.72. The van der Waals surface area contributed by atoms with Gasteiger partial charge in [0, 0.05) is 5.56 Å². The Morgan fingerprint density at radius 2 is 1.76 bits per heavy atom. The van der Waals surface area contributed by atoms with Crippen molar-refractivity contribution in [1.82, 2.24) is 0 Å². The summed E-state index contributed by atoms with van der Waals surface area (Å²) < 4.78 is 50.5. The van der Waals surface area contributed by atoms with Crippen LogP contribution >= 0.6 is 11.6 Å². The van der Waals surface area contributed by atoms with E-state index in [1.165, 1.54) is 30.3 Å². The van der Waals surface area contributed by atoms with Crippen molar-refractivity contribution in [2.75, 3.05) is 0 Å². The van der Waals surface area contributed by atoms with Crippen molar-refractivity contribution in [3.8, 4) is 5.75 Å². The summed E-state index contributed by atoms with van der Waals surface area (Å²) in [6, 6.07) is 8.97. The summed E-state index contributed by atoms with van der Waals surface area (Å²) in [7, 11) is -4.47. The number of halogens is 2. The van der Waals surface area contributed by atoms with Gasteiger partial charge in [-0.15, -0.1) is 0 Å². The summed E-state index contributed by atoms with van der Waals surface area (Å²) in [5.41, 5.74) is 0.591. The van der Waals surface area contributed by atoms with Crippen molar-refractivity contribution in [2.45, 2.75) is 11.5 Å². The summed E-state index contributed by atoms with van der Waals surface area (Å²) in [5.74, 6) is -0.0680. The second kappa shape index (κ2) is 7.58. The van der Waals surface area contributed by atoms with Gasteiger partial charge < -0.3 is 9.29 Å². The van der Waals surface area contributed by atoms with Crippen molar-refractivity contribution in [1.29, 1.82) is 0 Å². The molecule has 0 N–H and O–H groups in total. The van der Waals surface area contributed by atoms with Crippen molar-refractivity contribution in [3.05, 3.63) is 58.9 Å². The molecule has 0 aliphatic carbocycles. The van der Waals surface area contributed by atoms with Gasteiger partial charge in [-0.25, -0.2) is 12.8 Å². The van der Waals surface area contributed by atoms with E-state index < -0.39 is 15.9 Å². The largest absolute Gasteiger partial charge is 1.00 e. The van der Waals surface area contributed by atoms with E-state index in [9.17, 15) is 17.4 Å². The molecule has 2 aromatic rings. The van der Waals surface area contributed by atoms with Crippen LogP contribution in [0.25, 0.3) is 0 Å². The molecule has 0 aliphatic heterocycles. The van der Waals surface area contributed by atoms with E-state index in [0.29, 0.717) is 11.3 Å². The molecule has 21 heavy (non-hydrogen) atoms. The third-order valence-electron chi connectivity index (χ3n) is 2.52. The minimum atomic E-state index is -4.47. The molecule has 0 spiro atoms. The zero-order valence-electron chi connectivity index (χ0n) is 11.0. The third kappa shape index (κ3) is 5.25. The SMILES string of the molecule is O=S(=O)([O-])c1ccc(OCc2ccc(F)cc2Cl)cc1.[Na+]. The Morgan fingerprint density at radius 3 is 2.29 bits per heavy atom. The van der Waals surface area contributed by atoms with Gasteiger partial charge in [-0.2, -0.15) is 0 Å². The van der Waals surface area contributed by atoms with Crippen LogP contribution < -0.4 is 34.3 Å². The molecule has 2 aromatic carbocycles. The molecule has 0 aliphatic rings. The summed E-state index contributed by atoms with van der Waals surface area (Å²) >= 11 is 5.84. The van der Waals surface area contributed by atoms with E-state index >= 15 is 0 Å². The van der Waals surface area contributed by atoms with Crippen LogP contribution in [0.1, 0.15) is 5.56 Å². The van der Waals surface area contributed by atoms with Gasteiger partial charge >= 0.3 is 29.6 Å². The average Bonchev–Trinajstić information content (AvgIpc) is 2.37. The summed E-state index contributed by atoms with van der Waals surface area (Å²) in [6.45, 7) is 0.0998. The van der Waals surface area contributed by atoms with Crippen LogP contribution in [0.5, 0.6) is 5.75 Å². The molecule has 0 fully saturated rings. The molecule has 0 amide bonds. The molecule has 0 saturated heterocycles. The Kier molecular flexibility index (Phi) is 6.65. The maximum Gasteiger partial charge on any atom is 1.00 e. The summed E-state index contributed by atoms with van der Waals surface area (Å²) in [4.78, 5) is -0.329. The van der Waals surface area contributed by atoms with Gasteiger partial charge in [0.2, 0.25) is 0 Å². The maximum atomic E-state index is 12.9. The van der Waals surface area contributed by atoms with Gasteiger partial charge in [-0.3, -0.25) is 0 Å². The second-order valence-corrected chi connectivity index (χ2v) is 5.74. The predicted octanol–water partition coefficient (Wildman–Crippen LogP) is -0.0338. The molecule has 8 heteroatoms. The molecule has 0 unspecified atom stereocenters. The quantitative estimate of drug-likeness (QED) is 0.580.